The molecule has 1 aromatic carbocycles. The maximum absolute atomic E-state index is 12.3. The van der Waals surface area contributed by atoms with Crippen molar-refractivity contribution in [3.8, 4) is 0 Å². The molecule has 0 radical (unpaired) electrons. The van der Waals surface area contributed by atoms with Crippen LogP contribution in [0.3, 0.4) is 0 Å². The second-order valence-electron chi connectivity index (χ2n) is 10.3. The molecule has 2 amide bonds. The van der Waals surface area contributed by atoms with Crippen molar-refractivity contribution in [2.75, 3.05) is 44.3 Å². The van der Waals surface area contributed by atoms with E-state index in [0.29, 0.717) is 18.8 Å². The standard InChI is InChI=1S/C26H38N4O3/c31-25-4-3-24(26(32)28-25)30-16-21-1-2-23(15-22(21)17-30)29-12-7-20(8-13-29)18-33-14-9-19-5-10-27-11-6-19/h1-2,15,19-20,24,27H,3-14,16-18H2,(H,28,31,32). The molecule has 4 heterocycles. The van der Waals surface area contributed by atoms with E-state index in [1.165, 1.54) is 62.0 Å². The highest BCUT2D eigenvalue weighted by Gasteiger charge is 2.35. The van der Waals surface area contributed by atoms with Crippen LogP contribution < -0.4 is 15.5 Å². The molecular weight excluding hydrogens is 416 g/mol. The highest BCUT2D eigenvalue weighted by atomic mass is 16.5. The zero-order valence-electron chi connectivity index (χ0n) is 19.7. The summed E-state index contributed by atoms with van der Waals surface area (Å²) in [5.74, 6) is 1.23. The molecule has 4 aliphatic rings. The fourth-order valence-electron chi connectivity index (χ4n) is 5.88. The molecule has 180 valence electrons. The van der Waals surface area contributed by atoms with Crippen LogP contribution in [0, 0.1) is 11.8 Å². The lowest BCUT2D eigenvalue weighted by atomic mass is 9.95. The van der Waals surface area contributed by atoms with Crippen molar-refractivity contribution in [3.05, 3.63) is 29.3 Å². The molecule has 1 aromatic rings. The van der Waals surface area contributed by atoms with Crippen molar-refractivity contribution in [1.29, 1.82) is 0 Å². The lowest BCUT2D eigenvalue weighted by molar-refractivity contribution is -0.137. The largest absolute Gasteiger partial charge is 0.381 e. The maximum atomic E-state index is 12.3. The highest BCUT2D eigenvalue weighted by molar-refractivity contribution is 6.00. The van der Waals surface area contributed by atoms with E-state index in [1.807, 2.05) is 0 Å². The van der Waals surface area contributed by atoms with E-state index in [9.17, 15) is 9.59 Å². The van der Waals surface area contributed by atoms with E-state index in [0.717, 1.165) is 45.3 Å². The third kappa shape index (κ3) is 5.58. The predicted octanol–water partition coefficient (Wildman–Crippen LogP) is 2.43. The van der Waals surface area contributed by atoms with E-state index in [2.05, 4.69) is 38.6 Å². The molecule has 33 heavy (non-hydrogen) atoms. The molecule has 7 nitrogen and oxygen atoms in total. The van der Waals surface area contributed by atoms with Crippen molar-refractivity contribution in [2.45, 2.75) is 64.1 Å². The first kappa shape index (κ1) is 22.8. The van der Waals surface area contributed by atoms with Crippen LogP contribution in [0.25, 0.3) is 0 Å². The van der Waals surface area contributed by atoms with Crippen molar-refractivity contribution in [1.82, 2.24) is 15.5 Å². The third-order valence-electron chi connectivity index (χ3n) is 8.05. The smallest absolute Gasteiger partial charge is 0.243 e. The van der Waals surface area contributed by atoms with Gasteiger partial charge in [-0.3, -0.25) is 19.8 Å². The zero-order valence-corrected chi connectivity index (χ0v) is 19.7. The second-order valence-corrected chi connectivity index (χ2v) is 10.3. The quantitative estimate of drug-likeness (QED) is 0.487. The molecule has 0 spiro atoms. The SMILES string of the molecule is O=C1CCC(N2Cc3ccc(N4CCC(COCCC5CCNCC5)CC4)cc3C2)C(=O)N1. The lowest BCUT2D eigenvalue weighted by Crippen LogP contribution is -2.50. The fourth-order valence-corrected chi connectivity index (χ4v) is 5.88. The Kier molecular flexibility index (Phi) is 7.28. The van der Waals surface area contributed by atoms with Gasteiger partial charge in [0, 0.05) is 51.5 Å². The van der Waals surface area contributed by atoms with Gasteiger partial charge in [-0.1, -0.05) is 6.07 Å². The van der Waals surface area contributed by atoms with Crippen molar-refractivity contribution < 1.29 is 14.3 Å². The monoisotopic (exact) mass is 454 g/mol. The molecule has 3 saturated heterocycles. The van der Waals surface area contributed by atoms with Crippen LogP contribution >= 0.6 is 0 Å². The van der Waals surface area contributed by atoms with E-state index in [4.69, 9.17) is 4.74 Å². The maximum Gasteiger partial charge on any atom is 0.243 e. The third-order valence-corrected chi connectivity index (χ3v) is 8.05. The number of ether oxygens (including phenoxy) is 1. The van der Waals surface area contributed by atoms with Gasteiger partial charge in [0.15, 0.2) is 0 Å². The average Bonchev–Trinajstić information content (AvgIpc) is 3.26. The van der Waals surface area contributed by atoms with Crippen LogP contribution in [0.15, 0.2) is 18.2 Å². The van der Waals surface area contributed by atoms with Crippen LogP contribution in [0.5, 0.6) is 0 Å². The van der Waals surface area contributed by atoms with Gasteiger partial charge in [0.05, 0.1) is 6.04 Å². The summed E-state index contributed by atoms with van der Waals surface area (Å²) >= 11 is 0. The summed E-state index contributed by atoms with van der Waals surface area (Å²) in [6.07, 6.45) is 7.25. The Hall–Kier alpha value is -1.96. The number of piperidine rings is 3. The number of nitrogens with zero attached hydrogens (tertiary/aromatic N) is 2. The fraction of sp³-hybridized carbons (Fsp3) is 0.692. The van der Waals surface area contributed by atoms with Crippen molar-refractivity contribution >= 4 is 17.5 Å². The highest BCUT2D eigenvalue weighted by Crippen LogP contribution is 2.32. The van der Waals surface area contributed by atoms with Gasteiger partial charge in [-0.2, -0.15) is 0 Å². The van der Waals surface area contributed by atoms with E-state index in [1.54, 1.807) is 0 Å². The molecule has 1 atom stereocenters. The number of fused-ring (bicyclic) bond motifs is 1. The summed E-state index contributed by atoms with van der Waals surface area (Å²) < 4.78 is 6.06. The number of carbonyl (C=O) groups excluding carboxylic acids is 2. The number of hydrogen-bond donors (Lipinski definition) is 2. The summed E-state index contributed by atoms with van der Waals surface area (Å²) in [5, 5.41) is 5.93. The van der Waals surface area contributed by atoms with Gasteiger partial charge >= 0.3 is 0 Å². The van der Waals surface area contributed by atoms with Gasteiger partial charge < -0.3 is 15.0 Å². The number of rotatable bonds is 7. The first-order chi connectivity index (χ1) is 16.2. The van der Waals surface area contributed by atoms with Gasteiger partial charge in [0.1, 0.15) is 0 Å². The van der Waals surface area contributed by atoms with Gasteiger partial charge in [-0.25, -0.2) is 0 Å². The molecule has 0 bridgehead atoms. The average molecular weight is 455 g/mol. The zero-order chi connectivity index (χ0) is 22.6. The minimum atomic E-state index is -0.191. The van der Waals surface area contributed by atoms with Crippen LogP contribution in [-0.4, -0.2) is 62.1 Å². The van der Waals surface area contributed by atoms with E-state index < -0.39 is 0 Å². The Morgan fingerprint density at radius 2 is 1.73 bits per heavy atom. The summed E-state index contributed by atoms with van der Waals surface area (Å²) in [4.78, 5) is 28.4. The summed E-state index contributed by atoms with van der Waals surface area (Å²) in [6, 6.07) is 6.59. The van der Waals surface area contributed by atoms with Crippen LogP contribution in [0.1, 0.15) is 56.1 Å². The first-order valence-electron chi connectivity index (χ1n) is 12.9. The van der Waals surface area contributed by atoms with Crippen LogP contribution in [-0.2, 0) is 27.4 Å². The van der Waals surface area contributed by atoms with Gasteiger partial charge in [-0.05, 0) is 86.7 Å². The lowest BCUT2D eigenvalue weighted by Gasteiger charge is -2.34. The number of anilines is 1. The minimum absolute atomic E-state index is 0.140. The van der Waals surface area contributed by atoms with Gasteiger partial charge in [-0.15, -0.1) is 0 Å². The Morgan fingerprint density at radius 1 is 0.939 bits per heavy atom. The van der Waals surface area contributed by atoms with Gasteiger partial charge in [0.25, 0.3) is 0 Å². The molecule has 0 aliphatic carbocycles. The molecule has 7 heteroatoms. The Balaban J connectivity index is 1.06. The van der Waals surface area contributed by atoms with Crippen molar-refractivity contribution in [3.63, 3.8) is 0 Å². The van der Waals surface area contributed by atoms with Crippen molar-refractivity contribution in [2.24, 2.45) is 11.8 Å². The van der Waals surface area contributed by atoms with Gasteiger partial charge in [0.2, 0.25) is 11.8 Å². The molecule has 1 unspecified atom stereocenters. The molecule has 5 rings (SSSR count). The van der Waals surface area contributed by atoms with E-state index >= 15 is 0 Å². The normalized spacial score (nSPS) is 25.3. The van der Waals surface area contributed by atoms with Crippen LogP contribution in [0.4, 0.5) is 5.69 Å². The predicted molar refractivity (Wildman–Crippen MR) is 128 cm³/mol. The second kappa shape index (κ2) is 10.5. The Labute approximate surface area is 197 Å². The molecule has 2 N–H and O–H groups in total. The number of carbonyl (C=O) groups is 2. The Bertz CT molecular complexity index is 846. The molecular formula is C26H38N4O3. The summed E-state index contributed by atoms with van der Waals surface area (Å²) in [5.41, 5.74) is 3.92. The molecule has 4 aliphatic heterocycles. The Morgan fingerprint density at radius 3 is 2.52 bits per heavy atom. The summed E-state index contributed by atoms with van der Waals surface area (Å²) in [7, 11) is 0. The number of amides is 2. The topological polar surface area (TPSA) is 73.9 Å². The minimum Gasteiger partial charge on any atom is -0.381 e. The molecule has 0 aromatic heterocycles. The molecule has 3 fully saturated rings. The number of benzene rings is 1. The first-order valence-corrected chi connectivity index (χ1v) is 12.9. The molecule has 0 saturated carbocycles. The number of hydrogen-bond acceptors (Lipinski definition) is 6. The number of nitrogens with one attached hydrogen (secondary N) is 2. The summed E-state index contributed by atoms with van der Waals surface area (Å²) in [6.45, 7) is 7.90. The number of imide groups is 1. The van der Waals surface area contributed by atoms with Crippen LogP contribution in [0.2, 0.25) is 0 Å². The van der Waals surface area contributed by atoms with E-state index in [-0.39, 0.29) is 17.9 Å².